The first-order chi connectivity index (χ1) is 14.5. The second kappa shape index (κ2) is 8.21. The predicted molar refractivity (Wildman–Crippen MR) is 115 cm³/mol. The fourth-order valence-corrected chi connectivity index (χ4v) is 3.22. The number of anilines is 1. The highest BCUT2D eigenvalue weighted by molar-refractivity contribution is 6.06. The number of nitrogens with zero attached hydrogens (tertiary/aromatic N) is 2. The van der Waals surface area contributed by atoms with Crippen LogP contribution in [-0.4, -0.2) is 21.1 Å². The lowest BCUT2D eigenvalue weighted by atomic mass is 10.1. The van der Waals surface area contributed by atoms with Gasteiger partial charge in [0, 0.05) is 23.6 Å². The van der Waals surface area contributed by atoms with Crippen molar-refractivity contribution in [3.05, 3.63) is 95.4 Å². The number of hydrogen-bond donors (Lipinski definition) is 1. The minimum absolute atomic E-state index is 0.0578. The lowest BCUT2D eigenvalue weighted by Crippen LogP contribution is -2.14. The van der Waals surface area contributed by atoms with E-state index in [1.54, 1.807) is 42.5 Å². The van der Waals surface area contributed by atoms with Crippen LogP contribution in [0.3, 0.4) is 0 Å². The minimum Gasteiger partial charge on any atom is -0.486 e. The second-order valence-electron chi connectivity index (χ2n) is 7.03. The number of Topliss-reactive ketones (excluding diaryl/α,β-unsaturated/α-hetero) is 1. The molecule has 0 fully saturated rings. The van der Waals surface area contributed by atoms with Gasteiger partial charge in [0.15, 0.2) is 5.78 Å². The zero-order valence-electron chi connectivity index (χ0n) is 16.8. The number of hydrogen-bond acceptors (Lipinski definition) is 4. The number of imidazole rings is 1. The van der Waals surface area contributed by atoms with Gasteiger partial charge in [-0.25, -0.2) is 4.98 Å². The van der Waals surface area contributed by atoms with E-state index in [-0.39, 0.29) is 18.3 Å². The molecule has 0 atom stereocenters. The summed E-state index contributed by atoms with van der Waals surface area (Å²) in [5.74, 6) is 0.0983. The molecule has 0 saturated carbocycles. The molecule has 0 bridgehead atoms. The molecule has 4 aromatic rings. The number of ketones is 1. The van der Waals surface area contributed by atoms with Crippen molar-refractivity contribution in [2.24, 2.45) is 0 Å². The Morgan fingerprint density at radius 2 is 1.90 bits per heavy atom. The molecule has 4 rings (SSSR count). The molecule has 0 aliphatic rings. The smallest absolute Gasteiger partial charge is 0.259 e. The molecule has 2 aromatic heterocycles. The SMILES string of the molecule is CC(=O)c1cccc(NC(=O)c2ccccc2OCc2cn3cccc(C)c3n2)c1. The number of amides is 1. The molecule has 0 radical (unpaired) electrons. The second-order valence-corrected chi connectivity index (χ2v) is 7.03. The van der Waals surface area contributed by atoms with Crippen molar-refractivity contribution < 1.29 is 14.3 Å². The summed E-state index contributed by atoms with van der Waals surface area (Å²) in [6.07, 6.45) is 3.85. The Morgan fingerprint density at radius 1 is 1.07 bits per heavy atom. The Hall–Kier alpha value is -3.93. The third kappa shape index (κ3) is 4.07. The number of nitrogens with one attached hydrogen (secondary N) is 1. The van der Waals surface area contributed by atoms with Gasteiger partial charge in [-0.1, -0.05) is 30.3 Å². The molecule has 150 valence electrons. The standard InChI is InChI=1S/C24H21N3O3/c1-16-7-6-12-27-14-20(25-23(16)27)15-30-22-11-4-3-10-21(22)24(29)26-19-9-5-8-18(13-19)17(2)28/h3-14H,15H2,1-2H3,(H,26,29). The molecule has 1 N–H and O–H groups in total. The summed E-state index contributed by atoms with van der Waals surface area (Å²) >= 11 is 0. The van der Waals surface area contributed by atoms with E-state index in [0.717, 1.165) is 16.9 Å². The van der Waals surface area contributed by atoms with Crippen LogP contribution in [0.4, 0.5) is 5.69 Å². The summed E-state index contributed by atoms with van der Waals surface area (Å²) in [4.78, 5) is 29.0. The van der Waals surface area contributed by atoms with E-state index < -0.39 is 0 Å². The summed E-state index contributed by atoms with van der Waals surface area (Å²) in [5, 5.41) is 2.83. The Bertz CT molecular complexity index is 1240. The largest absolute Gasteiger partial charge is 0.486 e. The zero-order chi connectivity index (χ0) is 21.1. The first kappa shape index (κ1) is 19.4. The molecule has 0 aliphatic carbocycles. The van der Waals surface area contributed by atoms with Crippen LogP contribution in [0.1, 0.15) is 38.9 Å². The molecular weight excluding hydrogens is 378 g/mol. The first-order valence-corrected chi connectivity index (χ1v) is 9.58. The van der Waals surface area contributed by atoms with E-state index in [9.17, 15) is 9.59 Å². The fraction of sp³-hybridized carbons (Fsp3) is 0.125. The summed E-state index contributed by atoms with van der Waals surface area (Å²) in [6, 6.07) is 17.9. The van der Waals surface area contributed by atoms with Gasteiger partial charge >= 0.3 is 0 Å². The van der Waals surface area contributed by atoms with Crippen LogP contribution in [0.2, 0.25) is 0 Å². The third-order valence-corrected chi connectivity index (χ3v) is 4.76. The van der Waals surface area contributed by atoms with Gasteiger partial charge in [-0.3, -0.25) is 9.59 Å². The third-order valence-electron chi connectivity index (χ3n) is 4.76. The molecule has 0 spiro atoms. The number of fused-ring (bicyclic) bond motifs is 1. The zero-order valence-corrected chi connectivity index (χ0v) is 16.8. The Labute approximate surface area is 174 Å². The molecule has 2 aromatic carbocycles. The van der Waals surface area contributed by atoms with Crippen molar-refractivity contribution in [1.29, 1.82) is 0 Å². The van der Waals surface area contributed by atoms with Gasteiger partial charge < -0.3 is 14.5 Å². The number of aryl methyl sites for hydroxylation is 1. The lowest BCUT2D eigenvalue weighted by molar-refractivity contribution is 0.100. The summed E-state index contributed by atoms with van der Waals surface area (Å²) < 4.78 is 7.88. The van der Waals surface area contributed by atoms with Crippen molar-refractivity contribution in [2.75, 3.05) is 5.32 Å². The molecule has 0 aliphatic heterocycles. The van der Waals surface area contributed by atoms with E-state index in [4.69, 9.17) is 4.74 Å². The van der Waals surface area contributed by atoms with E-state index in [1.165, 1.54) is 6.92 Å². The molecule has 0 unspecified atom stereocenters. The van der Waals surface area contributed by atoms with Crippen LogP contribution in [0.15, 0.2) is 73.1 Å². The van der Waals surface area contributed by atoms with Gasteiger partial charge in [0.25, 0.3) is 5.91 Å². The molecule has 30 heavy (non-hydrogen) atoms. The van der Waals surface area contributed by atoms with Crippen molar-refractivity contribution in [3.8, 4) is 5.75 Å². The van der Waals surface area contributed by atoms with Crippen LogP contribution in [-0.2, 0) is 6.61 Å². The number of ether oxygens (including phenoxy) is 1. The number of para-hydroxylation sites is 1. The van der Waals surface area contributed by atoms with E-state index in [2.05, 4.69) is 10.3 Å². The number of rotatable bonds is 6. The number of carbonyl (C=O) groups is 2. The van der Waals surface area contributed by atoms with Gasteiger partial charge in [-0.05, 0) is 49.7 Å². The van der Waals surface area contributed by atoms with E-state index >= 15 is 0 Å². The number of benzene rings is 2. The Kier molecular flexibility index (Phi) is 5.30. The lowest BCUT2D eigenvalue weighted by Gasteiger charge is -2.11. The van der Waals surface area contributed by atoms with Crippen LogP contribution in [0, 0.1) is 6.92 Å². The highest BCUT2D eigenvalue weighted by Gasteiger charge is 2.14. The average molecular weight is 399 g/mol. The molecule has 6 heteroatoms. The van der Waals surface area contributed by atoms with Crippen LogP contribution in [0.5, 0.6) is 5.75 Å². The number of aromatic nitrogens is 2. The predicted octanol–water partition coefficient (Wildman–Crippen LogP) is 4.68. The van der Waals surface area contributed by atoms with Crippen LogP contribution in [0.25, 0.3) is 5.65 Å². The molecule has 2 heterocycles. The van der Waals surface area contributed by atoms with Gasteiger partial charge in [-0.2, -0.15) is 0 Å². The fourth-order valence-electron chi connectivity index (χ4n) is 3.22. The number of pyridine rings is 1. The van der Waals surface area contributed by atoms with Crippen molar-refractivity contribution in [1.82, 2.24) is 9.38 Å². The maximum atomic E-state index is 12.8. The van der Waals surface area contributed by atoms with Gasteiger partial charge in [0.05, 0.1) is 11.3 Å². The van der Waals surface area contributed by atoms with Crippen molar-refractivity contribution in [3.63, 3.8) is 0 Å². The maximum absolute atomic E-state index is 12.8. The highest BCUT2D eigenvalue weighted by Crippen LogP contribution is 2.22. The Morgan fingerprint density at radius 3 is 2.70 bits per heavy atom. The van der Waals surface area contributed by atoms with Gasteiger partial charge in [0.2, 0.25) is 0 Å². The van der Waals surface area contributed by atoms with Crippen molar-refractivity contribution >= 4 is 23.0 Å². The van der Waals surface area contributed by atoms with Crippen LogP contribution < -0.4 is 10.1 Å². The molecule has 1 amide bonds. The topological polar surface area (TPSA) is 72.7 Å². The summed E-state index contributed by atoms with van der Waals surface area (Å²) in [7, 11) is 0. The molecule has 6 nitrogen and oxygen atoms in total. The van der Waals surface area contributed by atoms with E-state index in [0.29, 0.717) is 22.6 Å². The first-order valence-electron chi connectivity index (χ1n) is 9.58. The normalized spacial score (nSPS) is 10.7. The van der Waals surface area contributed by atoms with Crippen LogP contribution >= 0.6 is 0 Å². The highest BCUT2D eigenvalue weighted by atomic mass is 16.5. The molecule has 0 saturated heterocycles. The van der Waals surface area contributed by atoms with Gasteiger partial charge in [-0.15, -0.1) is 0 Å². The maximum Gasteiger partial charge on any atom is 0.259 e. The average Bonchev–Trinajstić information content (AvgIpc) is 3.17. The summed E-state index contributed by atoms with van der Waals surface area (Å²) in [5.41, 5.74) is 4.24. The monoisotopic (exact) mass is 399 g/mol. The molecular formula is C24H21N3O3. The summed E-state index contributed by atoms with van der Waals surface area (Å²) in [6.45, 7) is 3.74. The van der Waals surface area contributed by atoms with Gasteiger partial charge in [0.1, 0.15) is 18.0 Å². The van der Waals surface area contributed by atoms with Crippen molar-refractivity contribution in [2.45, 2.75) is 20.5 Å². The minimum atomic E-state index is -0.308. The van der Waals surface area contributed by atoms with E-state index in [1.807, 2.05) is 41.9 Å². The quantitative estimate of drug-likeness (QED) is 0.478. The Balaban J connectivity index is 1.51. The number of carbonyl (C=O) groups excluding carboxylic acids is 2.